The Morgan fingerprint density at radius 3 is 2.60 bits per heavy atom. The number of carbonyl (C=O) groups excluding carboxylic acids is 1. The highest BCUT2D eigenvalue weighted by atomic mass is 16.1. The maximum Gasteiger partial charge on any atom is 0.292 e. The molecular formula is CH5BN2O. The van der Waals surface area contributed by atoms with E-state index in [1.54, 1.807) is 0 Å². The Labute approximate surface area is 30.8 Å². The maximum atomic E-state index is 9.26. The molecule has 0 fully saturated rings. The molecule has 0 aromatic carbocycles. The third-order valence-electron chi connectivity index (χ3n) is 0.201. The van der Waals surface area contributed by atoms with E-state index in [0.29, 0.717) is 6.19 Å². The summed E-state index contributed by atoms with van der Waals surface area (Å²) < 4.78 is 0. The van der Waals surface area contributed by atoms with Crippen LogP contribution in [0.4, 0.5) is 0 Å². The lowest BCUT2D eigenvalue weighted by molar-refractivity contribution is 0.568. The maximum absolute atomic E-state index is 9.26. The Morgan fingerprint density at radius 1 is 2.00 bits per heavy atom. The van der Waals surface area contributed by atoms with Gasteiger partial charge >= 0.3 is 0 Å². The molecule has 28 valence electrons. The zero-order valence-corrected chi connectivity index (χ0v) is 2.77. The lowest BCUT2D eigenvalue weighted by Gasteiger charge is -1.73. The van der Waals surface area contributed by atoms with Crippen LogP contribution in [0.3, 0.4) is 0 Å². The predicted octanol–water partition coefficient (Wildman–Crippen LogP) is -2.01. The molecule has 0 heterocycles. The fourth-order valence-corrected chi connectivity index (χ4v) is 0.0481. The van der Waals surface area contributed by atoms with Crippen LogP contribution in [-0.2, 0) is 4.79 Å². The Hall–Kier alpha value is -0.345. The average Bonchev–Trinajstić information content (AvgIpc) is 1.41. The van der Waals surface area contributed by atoms with Crippen LogP contribution in [0, 0.1) is 0 Å². The van der Waals surface area contributed by atoms with Crippen molar-refractivity contribution in [1.29, 1.82) is 0 Å². The number of hydrazine groups is 1. The largest absolute Gasteiger partial charge is 0.313 e. The van der Waals surface area contributed by atoms with Crippen LogP contribution >= 0.6 is 0 Å². The quantitative estimate of drug-likeness (QED) is 0.171. The number of nitrogens with one attached hydrogen (secondary N) is 1. The summed E-state index contributed by atoms with van der Waals surface area (Å²) in [5, 5.41) is 2.15. The second kappa shape index (κ2) is 3.65. The molecule has 3 nitrogen and oxygen atoms in total. The molecule has 4 heteroatoms. The molecule has 0 aromatic rings. The fraction of sp³-hybridized carbons (Fsp3) is 0. The normalized spacial score (nSPS) is 6.60. The summed E-state index contributed by atoms with van der Waals surface area (Å²) in [6.45, 7) is 0. The highest BCUT2D eigenvalue weighted by Gasteiger charge is 1.70. The monoisotopic (exact) mass is 72.0 g/mol. The van der Waals surface area contributed by atoms with Gasteiger partial charge in [-0.3, -0.25) is 11.2 Å². The van der Waals surface area contributed by atoms with Crippen molar-refractivity contribution in [1.82, 2.24) is 5.34 Å². The van der Waals surface area contributed by atoms with Crippen LogP contribution < -0.4 is 11.2 Å². The van der Waals surface area contributed by atoms with E-state index in [4.69, 9.17) is 0 Å². The fourth-order valence-electron chi connectivity index (χ4n) is 0.0481. The standard InChI is InChI=1S/CH5BN2O/c3-4-2-1-5/h1-2,4H,3H2. The van der Waals surface area contributed by atoms with Crippen LogP contribution in [0.1, 0.15) is 0 Å². The molecule has 0 amide bonds. The van der Waals surface area contributed by atoms with Crippen molar-refractivity contribution in [2.24, 2.45) is 5.84 Å². The van der Waals surface area contributed by atoms with E-state index in [9.17, 15) is 4.79 Å². The Bertz CT molecular complexity index is 30.8. The van der Waals surface area contributed by atoms with Crippen molar-refractivity contribution < 1.29 is 4.79 Å². The summed E-state index contributed by atoms with van der Waals surface area (Å²) in [6, 6.07) is 0. The molecule has 0 saturated heterocycles. The zero-order chi connectivity index (χ0) is 4.12. The van der Waals surface area contributed by atoms with Crippen molar-refractivity contribution in [2.45, 2.75) is 0 Å². The molecular weight excluding hydrogens is 66.8 g/mol. The number of hydrogen-bond donors (Lipinski definition) is 2. The molecule has 0 spiro atoms. The van der Waals surface area contributed by atoms with Gasteiger partial charge in [0.1, 0.15) is 0 Å². The first kappa shape index (κ1) is 4.65. The van der Waals surface area contributed by atoms with E-state index in [2.05, 4.69) is 11.2 Å². The van der Waals surface area contributed by atoms with Gasteiger partial charge in [0, 0.05) is 0 Å². The van der Waals surface area contributed by atoms with E-state index < -0.39 is 0 Å². The third-order valence-corrected chi connectivity index (χ3v) is 0.201. The molecule has 3 N–H and O–H groups in total. The molecule has 0 aliphatic heterocycles. The van der Waals surface area contributed by atoms with Gasteiger partial charge in [-0.15, -0.1) is 0 Å². The first-order valence-corrected chi connectivity index (χ1v) is 1.29. The van der Waals surface area contributed by atoms with Gasteiger partial charge in [-0.05, 0) is 0 Å². The van der Waals surface area contributed by atoms with Gasteiger partial charge in [0.15, 0.2) is 0 Å². The molecule has 0 aliphatic rings. The lowest BCUT2D eigenvalue weighted by atomic mass is 10.0. The topological polar surface area (TPSA) is 55.1 Å². The SMILES string of the molecule is NNBC=O. The van der Waals surface area contributed by atoms with Gasteiger partial charge in [0.25, 0.3) is 7.41 Å². The molecule has 0 rings (SSSR count). The van der Waals surface area contributed by atoms with Crippen LogP contribution in [-0.4, -0.2) is 13.6 Å². The molecule has 0 unspecified atom stereocenters. The molecule has 0 aromatic heterocycles. The lowest BCUT2D eigenvalue weighted by Crippen LogP contribution is -2.27. The molecule has 0 aliphatic carbocycles. The zero-order valence-electron chi connectivity index (χ0n) is 2.77. The van der Waals surface area contributed by atoms with Crippen LogP contribution in [0.5, 0.6) is 0 Å². The summed E-state index contributed by atoms with van der Waals surface area (Å²) in [6.07, 6.45) is 0.694. The van der Waals surface area contributed by atoms with E-state index in [-0.39, 0.29) is 7.41 Å². The van der Waals surface area contributed by atoms with Crippen molar-refractivity contribution in [3.8, 4) is 0 Å². The van der Waals surface area contributed by atoms with Gasteiger partial charge in [-0.1, -0.05) is 0 Å². The Kier molecular flexibility index (Phi) is 3.40. The second-order valence-electron chi connectivity index (χ2n) is 0.575. The van der Waals surface area contributed by atoms with Gasteiger partial charge in [-0.2, -0.15) is 0 Å². The van der Waals surface area contributed by atoms with Gasteiger partial charge in [-0.25, -0.2) is 0 Å². The number of nitrogens with two attached hydrogens (primary N) is 1. The van der Waals surface area contributed by atoms with Crippen LogP contribution in [0.25, 0.3) is 0 Å². The second-order valence-corrected chi connectivity index (χ2v) is 0.575. The summed E-state index contributed by atoms with van der Waals surface area (Å²) in [5.74, 6) is 4.66. The first-order chi connectivity index (χ1) is 2.41. The minimum atomic E-state index is 0.236. The first-order valence-electron chi connectivity index (χ1n) is 1.29. The van der Waals surface area contributed by atoms with Gasteiger partial charge in [0.2, 0.25) is 0 Å². The van der Waals surface area contributed by atoms with Gasteiger partial charge < -0.3 is 4.79 Å². The summed E-state index contributed by atoms with van der Waals surface area (Å²) in [4.78, 5) is 9.26. The summed E-state index contributed by atoms with van der Waals surface area (Å²) in [7, 11) is 0.236. The van der Waals surface area contributed by atoms with Crippen LogP contribution in [0.2, 0.25) is 0 Å². The van der Waals surface area contributed by atoms with E-state index in [1.807, 2.05) is 0 Å². The highest BCUT2D eigenvalue weighted by molar-refractivity contribution is 6.64. The molecule has 5 heavy (non-hydrogen) atoms. The van der Waals surface area contributed by atoms with E-state index in [1.165, 1.54) is 0 Å². The van der Waals surface area contributed by atoms with E-state index in [0.717, 1.165) is 0 Å². The minimum Gasteiger partial charge on any atom is -0.313 e. The van der Waals surface area contributed by atoms with Crippen molar-refractivity contribution in [3.63, 3.8) is 0 Å². The Balaban J connectivity index is 2.40. The number of rotatable bonds is 2. The smallest absolute Gasteiger partial charge is 0.292 e. The number of carbonyl (C=O) groups is 1. The van der Waals surface area contributed by atoms with Gasteiger partial charge in [0.05, 0.1) is 6.19 Å². The molecule has 0 bridgehead atoms. The van der Waals surface area contributed by atoms with Crippen molar-refractivity contribution in [3.05, 3.63) is 0 Å². The average molecular weight is 71.9 g/mol. The summed E-state index contributed by atoms with van der Waals surface area (Å²) >= 11 is 0. The predicted molar refractivity (Wildman–Crippen MR) is 21.2 cm³/mol. The molecule has 0 atom stereocenters. The molecule has 0 radical (unpaired) electrons. The summed E-state index contributed by atoms with van der Waals surface area (Å²) in [5.41, 5.74) is 0. The third kappa shape index (κ3) is 3.65. The highest BCUT2D eigenvalue weighted by Crippen LogP contribution is 1.21. The van der Waals surface area contributed by atoms with Crippen molar-refractivity contribution >= 4 is 13.6 Å². The van der Waals surface area contributed by atoms with Crippen molar-refractivity contribution in [2.75, 3.05) is 0 Å². The molecule has 0 saturated carbocycles. The minimum absolute atomic E-state index is 0.236. The van der Waals surface area contributed by atoms with E-state index >= 15 is 0 Å². The van der Waals surface area contributed by atoms with Crippen LogP contribution in [0.15, 0.2) is 0 Å². The number of hydrogen-bond acceptors (Lipinski definition) is 3. The Morgan fingerprint density at radius 2 is 2.60 bits per heavy atom.